The van der Waals surface area contributed by atoms with Crippen molar-refractivity contribution in [2.75, 3.05) is 13.2 Å². The van der Waals surface area contributed by atoms with E-state index in [0.29, 0.717) is 0 Å². The second-order valence-corrected chi connectivity index (χ2v) is 3.59. The van der Waals surface area contributed by atoms with Crippen LogP contribution in [0.1, 0.15) is 18.3 Å². The van der Waals surface area contributed by atoms with Crippen molar-refractivity contribution >= 4 is 0 Å². The van der Waals surface area contributed by atoms with Gasteiger partial charge in [-0.1, -0.05) is 6.92 Å². The summed E-state index contributed by atoms with van der Waals surface area (Å²) in [7, 11) is 0. The fraction of sp³-hybridized carbons (Fsp3) is 0.625. The second-order valence-electron chi connectivity index (χ2n) is 3.59. The highest BCUT2D eigenvalue weighted by atomic mass is 19.4. The highest BCUT2D eigenvalue weighted by Crippen LogP contribution is 2.30. The van der Waals surface area contributed by atoms with Crippen LogP contribution in [0.3, 0.4) is 0 Å². The molecule has 1 aromatic rings. The lowest BCUT2D eigenvalue weighted by molar-refractivity contribution is -0.141. The third-order valence-corrected chi connectivity index (χ3v) is 2.30. The fourth-order valence-electron chi connectivity index (χ4n) is 1.03. The number of H-pyrrole nitrogens is 1. The van der Waals surface area contributed by atoms with Crippen molar-refractivity contribution in [3.8, 4) is 0 Å². The number of hydrogen-bond acceptors (Lipinski definition) is 3. The predicted molar refractivity (Wildman–Crippen MR) is 47.1 cm³/mol. The molecule has 1 atom stereocenters. The van der Waals surface area contributed by atoms with Crippen LogP contribution in [0.2, 0.25) is 0 Å². The minimum absolute atomic E-state index is 0.0195. The van der Waals surface area contributed by atoms with Gasteiger partial charge in [-0.3, -0.25) is 5.10 Å². The van der Waals surface area contributed by atoms with Crippen molar-refractivity contribution in [3.63, 3.8) is 0 Å². The molecule has 1 heterocycles. The van der Waals surface area contributed by atoms with Crippen molar-refractivity contribution < 1.29 is 18.3 Å². The standard InChI is InChI=1S/C8H12F3N3O/c1-7(3-12,4-15)5-2-6(14-13-5)8(9,10)11/h2,15H,3-4,12H2,1H3,(H,13,14). The molecule has 0 radical (unpaired) electrons. The number of nitrogens with one attached hydrogen (secondary N) is 1. The Kier molecular flexibility index (Phi) is 3.05. The van der Waals surface area contributed by atoms with Gasteiger partial charge in [0, 0.05) is 12.0 Å². The van der Waals surface area contributed by atoms with Gasteiger partial charge in [0.15, 0.2) is 0 Å². The van der Waals surface area contributed by atoms with Crippen LogP contribution in [0.15, 0.2) is 6.07 Å². The smallest absolute Gasteiger partial charge is 0.395 e. The molecule has 7 heteroatoms. The number of hydrogen-bond donors (Lipinski definition) is 3. The van der Waals surface area contributed by atoms with Gasteiger partial charge < -0.3 is 10.8 Å². The largest absolute Gasteiger partial charge is 0.432 e. The van der Waals surface area contributed by atoms with Gasteiger partial charge in [-0.25, -0.2) is 0 Å². The number of alkyl halides is 3. The van der Waals surface area contributed by atoms with Crippen LogP contribution < -0.4 is 5.73 Å². The highest BCUT2D eigenvalue weighted by Gasteiger charge is 2.36. The monoisotopic (exact) mass is 223 g/mol. The summed E-state index contributed by atoms with van der Waals surface area (Å²) in [5, 5.41) is 14.4. The summed E-state index contributed by atoms with van der Waals surface area (Å²) >= 11 is 0. The molecule has 0 aromatic carbocycles. The van der Waals surface area contributed by atoms with E-state index >= 15 is 0 Å². The van der Waals surface area contributed by atoms with Gasteiger partial charge in [-0.2, -0.15) is 18.3 Å². The number of aliphatic hydroxyl groups excluding tert-OH is 1. The average Bonchev–Trinajstić information content (AvgIpc) is 2.65. The van der Waals surface area contributed by atoms with Crippen LogP contribution in [0, 0.1) is 0 Å². The molecule has 0 saturated heterocycles. The van der Waals surface area contributed by atoms with E-state index in [0.717, 1.165) is 6.07 Å². The Hall–Kier alpha value is -1.08. The number of aromatic nitrogens is 2. The Morgan fingerprint density at radius 1 is 1.53 bits per heavy atom. The van der Waals surface area contributed by atoms with Gasteiger partial charge in [0.2, 0.25) is 0 Å². The Balaban J connectivity index is 3.03. The molecular weight excluding hydrogens is 211 g/mol. The SMILES string of the molecule is CC(CN)(CO)c1cc(C(F)(F)F)[nH]n1. The zero-order chi connectivity index (χ0) is 11.7. The molecule has 0 aliphatic rings. The van der Waals surface area contributed by atoms with E-state index in [9.17, 15) is 13.2 Å². The Morgan fingerprint density at radius 2 is 2.13 bits per heavy atom. The molecule has 0 aliphatic carbocycles. The fourth-order valence-corrected chi connectivity index (χ4v) is 1.03. The molecule has 1 aromatic heterocycles. The van der Waals surface area contributed by atoms with Gasteiger partial charge in [0.25, 0.3) is 0 Å². The molecule has 4 N–H and O–H groups in total. The van der Waals surface area contributed by atoms with E-state index < -0.39 is 17.3 Å². The Bertz CT molecular complexity index is 330. The number of aromatic amines is 1. The molecule has 86 valence electrons. The van der Waals surface area contributed by atoms with Gasteiger partial charge in [-0.05, 0) is 6.07 Å². The van der Waals surface area contributed by atoms with Gasteiger partial charge >= 0.3 is 6.18 Å². The third-order valence-electron chi connectivity index (χ3n) is 2.30. The Labute approximate surface area is 84.3 Å². The van der Waals surface area contributed by atoms with Crippen LogP contribution in [-0.2, 0) is 11.6 Å². The topological polar surface area (TPSA) is 74.9 Å². The summed E-state index contributed by atoms with van der Waals surface area (Å²) in [5.41, 5.74) is 3.60. The zero-order valence-electron chi connectivity index (χ0n) is 8.10. The van der Waals surface area contributed by atoms with Gasteiger partial charge in [-0.15, -0.1) is 0 Å². The van der Waals surface area contributed by atoms with Crippen molar-refractivity contribution in [1.29, 1.82) is 0 Å². The second kappa shape index (κ2) is 3.82. The summed E-state index contributed by atoms with van der Waals surface area (Å²) in [6.45, 7) is 1.21. The van der Waals surface area contributed by atoms with Crippen molar-refractivity contribution in [2.45, 2.75) is 18.5 Å². The van der Waals surface area contributed by atoms with Crippen LogP contribution in [0.25, 0.3) is 0 Å². The minimum Gasteiger partial charge on any atom is -0.395 e. The number of aliphatic hydroxyl groups is 1. The van der Waals surface area contributed by atoms with Crippen LogP contribution in [-0.4, -0.2) is 28.5 Å². The summed E-state index contributed by atoms with van der Waals surface area (Å²) in [5.74, 6) is 0. The first-order chi connectivity index (χ1) is 6.83. The molecule has 0 aliphatic heterocycles. The maximum Gasteiger partial charge on any atom is 0.432 e. The number of nitrogens with two attached hydrogens (primary N) is 1. The number of rotatable bonds is 3. The van der Waals surface area contributed by atoms with E-state index in [2.05, 4.69) is 5.10 Å². The molecule has 0 spiro atoms. The van der Waals surface area contributed by atoms with Crippen LogP contribution in [0.5, 0.6) is 0 Å². The number of nitrogens with zero attached hydrogens (tertiary/aromatic N) is 1. The van der Waals surface area contributed by atoms with Crippen LogP contribution in [0.4, 0.5) is 13.2 Å². The third kappa shape index (κ3) is 2.29. The minimum atomic E-state index is -4.46. The van der Waals surface area contributed by atoms with E-state index in [4.69, 9.17) is 10.8 Å². The van der Waals surface area contributed by atoms with Gasteiger partial charge in [0.1, 0.15) is 5.69 Å². The van der Waals surface area contributed by atoms with E-state index in [-0.39, 0.29) is 18.8 Å². The van der Waals surface area contributed by atoms with Crippen molar-refractivity contribution in [1.82, 2.24) is 10.2 Å². The normalized spacial score (nSPS) is 16.4. The molecular formula is C8H12F3N3O. The summed E-state index contributed by atoms with van der Waals surface area (Å²) in [4.78, 5) is 0. The first kappa shape index (κ1) is 12.0. The molecule has 0 fully saturated rings. The van der Waals surface area contributed by atoms with Gasteiger partial charge in [0.05, 0.1) is 12.3 Å². The molecule has 0 amide bonds. The number of halogens is 3. The summed E-state index contributed by atoms with van der Waals surface area (Å²) < 4.78 is 36.7. The lowest BCUT2D eigenvalue weighted by atomic mass is 9.88. The van der Waals surface area contributed by atoms with Crippen LogP contribution >= 0.6 is 0 Å². The molecule has 4 nitrogen and oxygen atoms in total. The Morgan fingerprint density at radius 3 is 2.47 bits per heavy atom. The van der Waals surface area contributed by atoms with Crippen molar-refractivity contribution in [2.24, 2.45) is 5.73 Å². The van der Waals surface area contributed by atoms with E-state index in [1.165, 1.54) is 0 Å². The average molecular weight is 223 g/mol. The molecule has 1 rings (SSSR count). The lowest BCUT2D eigenvalue weighted by Crippen LogP contribution is -2.35. The molecule has 0 bridgehead atoms. The summed E-state index contributed by atoms with van der Waals surface area (Å²) in [6, 6.07) is 0.864. The maximum atomic E-state index is 12.2. The van der Waals surface area contributed by atoms with E-state index in [1.54, 1.807) is 6.92 Å². The molecule has 1 unspecified atom stereocenters. The molecule has 0 saturated carbocycles. The van der Waals surface area contributed by atoms with E-state index in [1.807, 2.05) is 5.10 Å². The highest BCUT2D eigenvalue weighted by molar-refractivity contribution is 5.20. The summed E-state index contributed by atoms with van der Waals surface area (Å²) in [6.07, 6.45) is -4.46. The zero-order valence-corrected chi connectivity index (χ0v) is 8.10. The van der Waals surface area contributed by atoms with Crippen molar-refractivity contribution in [3.05, 3.63) is 17.5 Å². The predicted octanol–water partition coefficient (Wildman–Crippen LogP) is 0.637. The quantitative estimate of drug-likeness (QED) is 0.703. The lowest BCUT2D eigenvalue weighted by Gasteiger charge is -2.22. The first-order valence-corrected chi connectivity index (χ1v) is 4.27. The molecule has 15 heavy (non-hydrogen) atoms. The maximum absolute atomic E-state index is 12.2. The first-order valence-electron chi connectivity index (χ1n) is 4.27.